The Labute approximate surface area is 79.4 Å². The van der Waals surface area contributed by atoms with Crippen LogP contribution in [0.25, 0.3) is 0 Å². The summed E-state index contributed by atoms with van der Waals surface area (Å²) in [5.74, 6) is 0.698. The minimum atomic E-state index is 0.698. The maximum atomic E-state index is 4.47. The van der Waals surface area contributed by atoms with E-state index in [1.54, 1.807) is 0 Å². The third-order valence-electron chi connectivity index (χ3n) is 2.82. The van der Waals surface area contributed by atoms with Gasteiger partial charge < -0.3 is 5.32 Å². The predicted molar refractivity (Wildman–Crippen MR) is 53.8 cm³/mol. The highest BCUT2D eigenvalue weighted by atomic mass is 14.8. The molecular weight excluding hydrogens is 160 g/mol. The van der Waals surface area contributed by atoms with E-state index in [4.69, 9.17) is 0 Å². The number of nitrogens with zero attached hydrogens (tertiary/aromatic N) is 1. The number of nitrogens with one attached hydrogen (secondary N) is 1. The van der Waals surface area contributed by atoms with E-state index in [1.165, 1.54) is 30.5 Å². The zero-order valence-electron chi connectivity index (χ0n) is 8.09. The SMILES string of the molecule is CNCCC1CCc2cccnc21. The second kappa shape index (κ2) is 3.88. The third kappa shape index (κ3) is 1.73. The Bertz CT molecular complexity index is 283. The highest BCUT2D eigenvalue weighted by Crippen LogP contribution is 2.32. The van der Waals surface area contributed by atoms with Crippen molar-refractivity contribution in [3.63, 3.8) is 0 Å². The van der Waals surface area contributed by atoms with Gasteiger partial charge in [0.25, 0.3) is 0 Å². The summed E-state index contributed by atoms with van der Waals surface area (Å²) in [4.78, 5) is 4.47. The van der Waals surface area contributed by atoms with Crippen LogP contribution in [0.1, 0.15) is 30.0 Å². The van der Waals surface area contributed by atoms with Gasteiger partial charge in [0.15, 0.2) is 0 Å². The van der Waals surface area contributed by atoms with Crippen LogP contribution in [-0.2, 0) is 6.42 Å². The lowest BCUT2D eigenvalue weighted by Crippen LogP contribution is -2.11. The minimum absolute atomic E-state index is 0.698. The van der Waals surface area contributed by atoms with Gasteiger partial charge in [-0.2, -0.15) is 0 Å². The lowest BCUT2D eigenvalue weighted by Gasteiger charge is -2.09. The van der Waals surface area contributed by atoms with Crippen LogP contribution in [0.2, 0.25) is 0 Å². The van der Waals surface area contributed by atoms with Crippen molar-refractivity contribution in [1.29, 1.82) is 0 Å². The van der Waals surface area contributed by atoms with Crippen LogP contribution in [0.4, 0.5) is 0 Å². The van der Waals surface area contributed by atoms with Crippen LogP contribution in [0.15, 0.2) is 18.3 Å². The summed E-state index contributed by atoms with van der Waals surface area (Å²) in [5, 5.41) is 3.20. The summed E-state index contributed by atoms with van der Waals surface area (Å²) in [6.07, 6.45) is 5.64. The molecule has 0 spiro atoms. The summed E-state index contributed by atoms with van der Waals surface area (Å²) < 4.78 is 0. The Morgan fingerprint density at radius 2 is 2.54 bits per heavy atom. The number of aromatic nitrogens is 1. The molecule has 1 N–H and O–H groups in total. The molecule has 0 saturated heterocycles. The zero-order valence-corrected chi connectivity index (χ0v) is 8.09. The van der Waals surface area contributed by atoms with Gasteiger partial charge in [0.05, 0.1) is 0 Å². The van der Waals surface area contributed by atoms with E-state index in [-0.39, 0.29) is 0 Å². The van der Waals surface area contributed by atoms with E-state index in [0.717, 1.165) is 6.54 Å². The van der Waals surface area contributed by atoms with Crippen LogP contribution in [0, 0.1) is 0 Å². The quantitative estimate of drug-likeness (QED) is 0.758. The number of hydrogen-bond donors (Lipinski definition) is 1. The number of hydrogen-bond acceptors (Lipinski definition) is 2. The van der Waals surface area contributed by atoms with Gasteiger partial charge in [-0.05, 0) is 44.5 Å². The summed E-state index contributed by atoms with van der Waals surface area (Å²) in [5.41, 5.74) is 2.81. The molecule has 2 rings (SSSR count). The molecule has 1 unspecified atom stereocenters. The smallest absolute Gasteiger partial charge is 0.0467 e. The first-order valence-corrected chi connectivity index (χ1v) is 5.00. The number of rotatable bonds is 3. The van der Waals surface area contributed by atoms with E-state index in [9.17, 15) is 0 Å². The molecule has 70 valence electrons. The average Bonchev–Trinajstić information content (AvgIpc) is 2.58. The Balaban J connectivity index is 2.09. The van der Waals surface area contributed by atoms with Crippen molar-refractivity contribution in [2.75, 3.05) is 13.6 Å². The van der Waals surface area contributed by atoms with Gasteiger partial charge in [-0.25, -0.2) is 0 Å². The molecular formula is C11H16N2. The summed E-state index contributed by atoms with van der Waals surface area (Å²) in [6.45, 7) is 1.10. The standard InChI is InChI=1S/C11H16N2/c1-12-8-6-10-5-4-9-3-2-7-13-11(9)10/h2-3,7,10,12H,4-6,8H2,1H3. The van der Waals surface area contributed by atoms with Gasteiger partial charge in [-0.1, -0.05) is 6.07 Å². The van der Waals surface area contributed by atoms with Crippen molar-refractivity contribution in [2.45, 2.75) is 25.2 Å². The molecule has 1 aliphatic rings. The lowest BCUT2D eigenvalue weighted by atomic mass is 10.0. The largest absolute Gasteiger partial charge is 0.320 e. The van der Waals surface area contributed by atoms with Crippen molar-refractivity contribution in [2.24, 2.45) is 0 Å². The molecule has 1 aliphatic carbocycles. The van der Waals surface area contributed by atoms with Crippen molar-refractivity contribution >= 4 is 0 Å². The molecule has 0 fully saturated rings. The second-order valence-corrected chi connectivity index (χ2v) is 3.68. The Kier molecular flexibility index (Phi) is 2.60. The first-order valence-electron chi connectivity index (χ1n) is 5.00. The van der Waals surface area contributed by atoms with Crippen LogP contribution in [-0.4, -0.2) is 18.6 Å². The van der Waals surface area contributed by atoms with E-state index in [1.807, 2.05) is 19.3 Å². The minimum Gasteiger partial charge on any atom is -0.320 e. The molecule has 0 radical (unpaired) electrons. The van der Waals surface area contributed by atoms with Gasteiger partial charge >= 0.3 is 0 Å². The molecule has 2 heteroatoms. The molecule has 0 aliphatic heterocycles. The normalized spacial score (nSPS) is 20.2. The molecule has 2 nitrogen and oxygen atoms in total. The fraction of sp³-hybridized carbons (Fsp3) is 0.545. The number of pyridine rings is 1. The molecule has 0 aromatic carbocycles. The first kappa shape index (κ1) is 8.70. The fourth-order valence-corrected chi connectivity index (χ4v) is 2.10. The maximum Gasteiger partial charge on any atom is 0.0467 e. The molecule has 13 heavy (non-hydrogen) atoms. The highest BCUT2D eigenvalue weighted by molar-refractivity contribution is 5.28. The monoisotopic (exact) mass is 176 g/mol. The van der Waals surface area contributed by atoms with Crippen molar-refractivity contribution in [3.05, 3.63) is 29.6 Å². The van der Waals surface area contributed by atoms with Gasteiger partial charge in [0.1, 0.15) is 0 Å². The van der Waals surface area contributed by atoms with Gasteiger partial charge in [-0.3, -0.25) is 4.98 Å². The molecule has 1 aromatic heterocycles. The van der Waals surface area contributed by atoms with Gasteiger partial charge in [0.2, 0.25) is 0 Å². The number of aryl methyl sites for hydroxylation is 1. The Hall–Kier alpha value is -0.890. The summed E-state index contributed by atoms with van der Waals surface area (Å²) >= 11 is 0. The van der Waals surface area contributed by atoms with Crippen LogP contribution in [0.5, 0.6) is 0 Å². The summed E-state index contributed by atoms with van der Waals surface area (Å²) in [7, 11) is 2.01. The molecule has 0 saturated carbocycles. The van der Waals surface area contributed by atoms with E-state index < -0.39 is 0 Å². The first-order chi connectivity index (χ1) is 6.42. The molecule has 1 atom stereocenters. The topological polar surface area (TPSA) is 24.9 Å². The van der Waals surface area contributed by atoms with E-state index in [0.29, 0.717) is 5.92 Å². The average molecular weight is 176 g/mol. The lowest BCUT2D eigenvalue weighted by molar-refractivity contribution is 0.582. The maximum absolute atomic E-state index is 4.47. The van der Waals surface area contributed by atoms with Gasteiger partial charge in [-0.15, -0.1) is 0 Å². The number of fused-ring (bicyclic) bond motifs is 1. The van der Waals surface area contributed by atoms with Gasteiger partial charge in [0, 0.05) is 17.8 Å². The molecule has 0 bridgehead atoms. The van der Waals surface area contributed by atoms with E-state index >= 15 is 0 Å². The second-order valence-electron chi connectivity index (χ2n) is 3.68. The third-order valence-corrected chi connectivity index (χ3v) is 2.82. The van der Waals surface area contributed by atoms with Crippen molar-refractivity contribution in [1.82, 2.24) is 10.3 Å². The fourth-order valence-electron chi connectivity index (χ4n) is 2.10. The summed E-state index contributed by atoms with van der Waals surface area (Å²) in [6, 6.07) is 4.25. The Morgan fingerprint density at radius 1 is 1.62 bits per heavy atom. The molecule has 0 amide bonds. The van der Waals surface area contributed by atoms with Crippen LogP contribution >= 0.6 is 0 Å². The molecule has 1 heterocycles. The van der Waals surface area contributed by atoms with Crippen LogP contribution in [0.3, 0.4) is 0 Å². The van der Waals surface area contributed by atoms with Crippen LogP contribution < -0.4 is 5.32 Å². The zero-order chi connectivity index (χ0) is 9.10. The molecule has 1 aromatic rings. The van der Waals surface area contributed by atoms with E-state index in [2.05, 4.69) is 16.4 Å². The Morgan fingerprint density at radius 3 is 3.38 bits per heavy atom. The predicted octanol–water partition coefficient (Wildman–Crippen LogP) is 1.72. The highest BCUT2D eigenvalue weighted by Gasteiger charge is 2.22. The van der Waals surface area contributed by atoms with Crippen molar-refractivity contribution < 1.29 is 0 Å². The van der Waals surface area contributed by atoms with Crippen molar-refractivity contribution in [3.8, 4) is 0 Å².